The monoisotopic (exact) mass is 385 g/mol. The summed E-state index contributed by atoms with van der Waals surface area (Å²) < 4.78 is 1.09. The molecule has 0 bridgehead atoms. The average Bonchev–Trinajstić information content (AvgIpc) is 2.45. The fourth-order valence-corrected chi connectivity index (χ4v) is 3.34. The molecule has 0 saturated carbocycles. The molecule has 1 nitrogen and oxygen atoms in total. The van der Waals surface area contributed by atoms with Crippen LogP contribution < -0.4 is 5.32 Å². The van der Waals surface area contributed by atoms with Gasteiger partial charge in [0, 0.05) is 26.6 Å². The minimum atomic E-state index is 0.198. The van der Waals surface area contributed by atoms with Gasteiger partial charge in [-0.25, -0.2) is 0 Å². The highest BCUT2D eigenvalue weighted by molar-refractivity contribution is 9.10. The molecule has 0 amide bonds. The van der Waals surface area contributed by atoms with Crippen LogP contribution in [0.2, 0.25) is 10.0 Å². The maximum Gasteiger partial charge on any atom is 0.0468 e. The number of benzene rings is 2. The van der Waals surface area contributed by atoms with Crippen LogP contribution in [-0.2, 0) is 0 Å². The third-order valence-corrected chi connectivity index (χ3v) is 4.60. The molecule has 4 heteroatoms. The van der Waals surface area contributed by atoms with Gasteiger partial charge in [-0.3, -0.25) is 0 Å². The van der Waals surface area contributed by atoms with E-state index in [2.05, 4.69) is 47.2 Å². The minimum Gasteiger partial charge on any atom is -0.303 e. The first kappa shape index (κ1) is 16.8. The van der Waals surface area contributed by atoms with Crippen molar-refractivity contribution in [1.82, 2.24) is 5.32 Å². The summed E-state index contributed by atoms with van der Waals surface area (Å²) in [4.78, 5) is 0. The molecule has 0 radical (unpaired) electrons. The molecule has 0 aromatic heterocycles. The lowest BCUT2D eigenvalue weighted by atomic mass is 10.0. The fourth-order valence-electron chi connectivity index (χ4n) is 2.39. The highest BCUT2D eigenvalue weighted by atomic mass is 79.9. The van der Waals surface area contributed by atoms with E-state index in [1.54, 1.807) is 6.07 Å². The quantitative estimate of drug-likeness (QED) is 0.613. The van der Waals surface area contributed by atoms with Crippen molar-refractivity contribution in [1.29, 1.82) is 0 Å². The van der Waals surface area contributed by atoms with Gasteiger partial charge in [-0.2, -0.15) is 0 Å². The molecule has 112 valence electrons. The number of hydrogen-bond acceptors (Lipinski definition) is 1. The smallest absolute Gasteiger partial charge is 0.0468 e. The van der Waals surface area contributed by atoms with Gasteiger partial charge in [0.2, 0.25) is 0 Å². The van der Waals surface area contributed by atoms with Crippen LogP contribution in [0.3, 0.4) is 0 Å². The fraction of sp³-hybridized carbons (Fsp3) is 0.294. The van der Waals surface area contributed by atoms with Gasteiger partial charge >= 0.3 is 0 Å². The second-order valence-corrected chi connectivity index (χ2v) is 6.83. The molecule has 0 aliphatic rings. The minimum absolute atomic E-state index is 0.198. The molecule has 2 rings (SSSR count). The van der Waals surface area contributed by atoms with Crippen molar-refractivity contribution in [3.63, 3.8) is 0 Å². The molecule has 2 aromatic rings. The third kappa shape index (κ3) is 4.46. The Labute approximate surface area is 144 Å². The van der Waals surface area contributed by atoms with E-state index in [0.717, 1.165) is 16.5 Å². The zero-order chi connectivity index (χ0) is 15.4. The molecule has 0 spiro atoms. The molecule has 2 atom stereocenters. The molecule has 1 unspecified atom stereocenters. The zero-order valence-corrected chi connectivity index (χ0v) is 15.1. The Kier molecular flexibility index (Phi) is 6.12. The second kappa shape index (κ2) is 7.64. The van der Waals surface area contributed by atoms with E-state index in [4.69, 9.17) is 23.2 Å². The lowest BCUT2D eigenvalue weighted by Gasteiger charge is -2.24. The van der Waals surface area contributed by atoms with Crippen molar-refractivity contribution in [2.45, 2.75) is 32.4 Å². The SMILES string of the molecule is CCC(N[C@H](C)c1cccc(Br)c1)c1ccc(Cl)cc1Cl. The van der Waals surface area contributed by atoms with Crippen molar-refractivity contribution < 1.29 is 0 Å². The number of hydrogen-bond donors (Lipinski definition) is 1. The Morgan fingerprint density at radius 2 is 1.90 bits per heavy atom. The summed E-state index contributed by atoms with van der Waals surface area (Å²) in [5, 5.41) is 5.02. The Morgan fingerprint density at radius 1 is 1.14 bits per heavy atom. The predicted molar refractivity (Wildman–Crippen MR) is 95.2 cm³/mol. The molecule has 0 heterocycles. The van der Waals surface area contributed by atoms with Crippen molar-refractivity contribution in [2.75, 3.05) is 0 Å². The van der Waals surface area contributed by atoms with Crippen LogP contribution in [0.15, 0.2) is 46.9 Å². The Bertz CT molecular complexity index is 615. The van der Waals surface area contributed by atoms with Crippen LogP contribution in [0.4, 0.5) is 0 Å². The largest absolute Gasteiger partial charge is 0.303 e. The van der Waals surface area contributed by atoms with Crippen LogP contribution in [0, 0.1) is 0 Å². The van der Waals surface area contributed by atoms with E-state index in [-0.39, 0.29) is 12.1 Å². The second-order valence-electron chi connectivity index (χ2n) is 5.07. The summed E-state index contributed by atoms with van der Waals surface area (Å²) >= 11 is 15.8. The molecular weight excluding hydrogens is 369 g/mol. The van der Waals surface area contributed by atoms with Crippen molar-refractivity contribution in [2.24, 2.45) is 0 Å². The van der Waals surface area contributed by atoms with Crippen LogP contribution in [0.25, 0.3) is 0 Å². The van der Waals surface area contributed by atoms with Gasteiger partial charge in [0.05, 0.1) is 0 Å². The van der Waals surface area contributed by atoms with Crippen LogP contribution in [-0.4, -0.2) is 0 Å². The van der Waals surface area contributed by atoms with Crippen molar-refractivity contribution in [3.8, 4) is 0 Å². The number of rotatable bonds is 5. The van der Waals surface area contributed by atoms with Crippen molar-refractivity contribution in [3.05, 3.63) is 68.1 Å². The lowest BCUT2D eigenvalue weighted by molar-refractivity contribution is 0.456. The van der Waals surface area contributed by atoms with E-state index >= 15 is 0 Å². The molecule has 21 heavy (non-hydrogen) atoms. The van der Waals surface area contributed by atoms with E-state index < -0.39 is 0 Å². The summed E-state index contributed by atoms with van der Waals surface area (Å²) in [5.41, 5.74) is 2.33. The Hall–Kier alpha value is -0.540. The standard InChI is InChI=1S/C17H18BrCl2N/c1-3-17(15-8-7-14(19)10-16(15)20)21-11(2)12-5-4-6-13(18)9-12/h4-11,17,21H,3H2,1-2H3/t11-,17?/m1/s1. The van der Waals surface area contributed by atoms with Crippen LogP contribution in [0.1, 0.15) is 43.5 Å². The molecule has 0 saturated heterocycles. The Balaban J connectivity index is 2.18. The van der Waals surface area contributed by atoms with E-state index in [9.17, 15) is 0 Å². The lowest BCUT2D eigenvalue weighted by Crippen LogP contribution is -2.24. The van der Waals surface area contributed by atoms with E-state index in [1.165, 1.54) is 5.56 Å². The summed E-state index contributed by atoms with van der Waals surface area (Å²) in [6.45, 7) is 4.31. The maximum absolute atomic E-state index is 6.33. The molecule has 0 aliphatic heterocycles. The van der Waals surface area contributed by atoms with Crippen LogP contribution in [0.5, 0.6) is 0 Å². The summed E-state index contributed by atoms with van der Waals surface area (Å²) in [6.07, 6.45) is 0.958. The van der Waals surface area contributed by atoms with Gasteiger partial charge in [0.25, 0.3) is 0 Å². The Morgan fingerprint density at radius 3 is 2.52 bits per heavy atom. The normalized spacial score (nSPS) is 14.0. The first-order valence-electron chi connectivity index (χ1n) is 6.97. The maximum atomic E-state index is 6.33. The van der Waals surface area contributed by atoms with Gasteiger partial charge in [-0.15, -0.1) is 0 Å². The topological polar surface area (TPSA) is 12.0 Å². The molecule has 0 fully saturated rings. The van der Waals surface area contributed by atoms with Crippen molar-refractivity contribution >= 4 is 39.1 Å². The van der Waals surface area contributed by atoms with Gasteiger partial charge in [-0.1, -0.05) is 64.3 Å². The van der Waals surface area contributed by atoms with E-state index in [1.807, 2.05) is 24.3 Å². The first-order chi connectivity index (χ1) is 10.0. The highest BCUT2D eigenvalue weighted by Crippen LogP contribution is 2.30. The molecule has 1 N–H and O–H groups in total. The van der Waals surface area contributed by atoms with E-state index in [0.29, 0.717) is 10.0 Å². The van der Waals surface area contributed by atoms with Gasteiger partial charge in [0.15, 0.2) is 0 Å². The third-order valence-electron chi connectivity index (χ3n) is 3.55. The highest BCUT2D eigenvalue weighted by Gasteiger charge is 2.16. The number of halogens is 3. The summed E-state index contributed by atoms with van der Waals surface area (Å²) in [5.74, 6) is 0. The first-order valence-corrected chi connectivity index (χ1v) is 8.52. The summed E-state index contributed by atoms with van der Waals surface area (Å²) in [6, 6.07) is 14.5. The van der Waals surface area contributed by atoms with Gasteiger partial charge in [0.1, 0.15) is 0 Å². The van der Waals surface area contributed by atoms with Gasteiger partial charge in [-0.05, 0) is 48.7 Å². The molecule has 0 aliphatic carbocycles. The van der Waals surface area contributed by atoms with Crippen LogP contribution >= 0.6 is 39.1 Å². The predicted octanol–water partition coefficient (Wildman–Crippen LogP) is 6.56. The van der Waals surface area contributed by atoms with Gasteiger partial charge < -0.3 is 5.32 Å². The average molecular weight is 387 g/mol. The zero-order valence-electron chi connectivity index (χ0n) is 12.0. The molecule has 2 aromatic carbocycles. The number of nitrogens with one attached hydrogen (secondary N) is 1. The summed E-state index contributed by atoms with van der Waals surface area (Å²) in [7, 11) is 0. The molecular formula is C17H18BrCl2N.